The van der Waals surface area contributed by atoms with Gasteiger partial charge in [-0.3, -0.25) is 4.98 Å². The molecule has 0 radical (unpaired) electrons. The van der Waals surface area contributed by atoms with Gasteiger partial charge >= 0.3 is 0 Å². The van der Waals surface area contributed by atoms with Gasteiger partial charge in [0.1, 0.15) is 10.5 Å². The van der Waals surface area contributed by atoms with Crippen molar-refractivity contribution in [1.29, 1.82) is 0 Å². The average Bonchev–Trinajstić information content (AvgIpc) is 3.21. The molecule has 0 bridgehead atoms. The largest absolute Gasteiger partial charge is 0.598 e. The number of anilines is 1. The van der Waals surface area contributed by atoms with Gasteiger partial charge < -0.3 is 14.2 Å². The lowest BCUT2D eigenvalue weighted by Gasteiger charge is -2.43. The van der Waals surface area contributed by atoms with Crippen LogP contribution in [0.15, 0.2) is 67.1 Å². The second kappa shape index (κ2) is 9.80. The second-order valence-corrected chi connectivity index (χ2v) is 13.2. The topological polar surface area (TPSA) is 99.1 Å². The Balaban J connectivity index is 1.16. The van der Waals surface area contributed by atoms with E-state index in [-0.39, 0.29) is 16.2 Å². The van der Waals surface area contributed by atoms with Gasteiger partial charge in [-0.25, -0.2) is 4.98 Å². The maximum absolute atomic E-state index is 13.1. The van der Waals surface area contributed by atoms with E-state index in [1.165, 1.54) is 11.1 Å². The fraction of sp³-hybridized carbons (Fsp3) is 0.379. The van der Waals surface area contributed by atoms with E-state index < -0.39 is 11.4 Å². The third kappa shape index (κ3) is 4.70. The van der Waals surface area contributed by atoms with Crippen molar-refractivity contribution in [1.82, 2.24) is 24.9 Å². The first kappa shape index (κ1) is 25.0. The van der Waals surface area contributed by atoms with Crippen LogP contribution in [-0.2, 0) is 17.8 Å². The summed E-state index contributed by atoms with van der Waals surface area (Å²) in [5.41, 5.74) is 2.65. The fourth-order valence-corrected chi connectivity index (χ4v) is 6.57. The van der Waals surface area contributed by atoms with Gasteiger partial charge in [0.05, 0.1) is 12.2 Å². The van der Waals surface area contributed by atoms with Crippen molar-refractivity contribution < 1.29 is 9.29 Å². The minimum atomic E-state index is -1.15. The summed E-state index contributed by atoms with van der Waals surface area (Å²) in [5.74, 6) is 1.65. The summed E-state index contributed by atoms with van der Waals surface area (Å²) in [6.07, 6.45) is 8.08. The lowest BCUT2D eigenvalue weighted by molar-refractivity contribution is 0.175. The molecule has 4 aromatic rings. The summed E-state index contributed by atoms with van der Waals surface area (Å²) in [6, 6.07) is 16.4. The molecule has 1 N–H and O–H groups in total. The number of nitrogens with zero attached hydrogens (tertiary/aromatic N) is 5. The number of piperidine rings is 1. The van der Waals surface area contributed by atoms with Crippen LogP contribution in [0, 0.1) is 5.41 Å². The molecule has 0 unspecified atom stereocenters. The Morgan fingerprint density at radius 2 is 1.84 bits per heavy atom. The number of benzene rings is 2. The minimum absolute atomic E-state index is 0.0147. The molecule has 1 aliphatic carbocycles. The van der Waals surface area contributed by atoms with Crippen LogP contribution in [0.3, 0.4) is 0 Å². The molecule has 2 aromatic carbocycles. The quantitative estimate of drug-likeness (QED) is 0.355. The number of rotatable bonds is 5. The van der Waals surface area contributed by atoms with Crippen molar-refractivity contribution in [3.8, 4) is 11.6 Å². The number of hydrogen-bond acceptors (Lipinski definition) is 8. The van der Waals surface area contributed by atoms with Crippen molar-refractivity contribution in [2.75, 3.05) is 18.0 Å². The molecule has 0 amide bonds. The van der Waals surface area contributed by atoms with Crippen molar-refractivity contribution in [2.24, 2.45) is 5.41 Å². The molecule has 0 saturated carbocycles. The summed E-state index contributed by atoms with van der Waals surface area (Å²) < 4.78 is 22.3. The molecular formula is C29H32N6O2S. The van der Waals surface area contributed by atoms with Gasteiger partial charge in [-0.1, -0.05) is 36.4 Å². The Bertz CT molecular complexity index is 1430. The van der Waals surface area contributed by atoms with Crippen molar-refractivity contribution in [2.45, 2.75) is 50.8 Å². The Hall–Kier alpha value is -3.27. The average molecular weight is 529 g/mol. The Morgan fingerprint density at radius 3 is 2.61 bits per heavy atom. The number of nitrogens with one attached hydrogen (secondary N) is 1. The smallest absolute Gasteiger partial charge is 0.257 e. The van der Waals surface area contributed by atoms with Crippen LogP contribution in [0.25, 0.3) is 10.8 Å². The maximum Gasteiger partial charge on any atom is 0.257 e. The Labute approximate surface area is 226 Å². The summed E-state index contributed by atoms with van der Waals surface area (Å²) in [6.45, 7) is 7.67. The number of aromatic nitrogens is 4. The SMILES string of the molecule is CC(C)(C)[S@@+]([O-])N[C@@H]1c2ccccc2CC12CCN(c1ncc(Oc3cccc4cnccc34)nn1)CC2. The first-order chi connectivity index (χ1) is 18.3. The Morgan fingerprint density at radius 1 is 1.03 bits per heavy atom. The zero-order valence-electron chi connectivity index (χ0n) is 21.9. The van der Waals surface area contributed by atoms with Gasteiger partial charge in [-0.15, -0.1) is 14.9 Å². The van der Waals surface area contributed by atoms with E-state index in [1.807, 2.05) is 51.2 Å². The molecule has 196 valence electrons. The number of ether oxygens (including phenoxy) is 1. The molecule has 2 aliphatic rings. The maximum atomic E-state index is 13.1. The lowest BCUT2D eigenvalue weighted by Crippen LogP contribution is -2.50. The first-order valence-corrected chi connectivity index (χ1v) is 14.2. The molecule has 2 aromatic heterocycles. The monoisotopic (exact) mass is 528 g/mol. The van der Waals surface area contributed by atoms with Crippen LogP contribution >= 0.6 is 0 Å². The third-order valence-electron chi connectivity index (χ3n) is 7.73. The van der Waals surface area contributed by atoms with E-state index in [0.29, 0.717) is 17.6 Å². The van der Waals surface area contributed by atoms with Crippen molar-refractivity contribution >= 4 is 28.1 Å². The van der Waals surface area contributed by atoms with Crippen LogP contribution in [0.4, 0.5) is 5.95 Å². The van der Waals surface area contributed by atoms with Gasteiger partial charge in [-0.05, 0) is 63.3 Å². The summed E-state index contributed by atoms with van der Waals surface area (Å²) in [7, 11) is 0. The molecule has 1 spiro atoms. The van der Waals surface area contributed by atoms with Crippen LogP contribution in [-0.4, -0.2) is 42.6 Å². The van der Waals surface area contributed by atoms with E-state index in [2.05, 4.69) is 54.1 Å². The van der Waals surface area contributed by atoms with Gasteiger partial charge in [0, 0.05) is 53.0 Å². The molecule has 8 nitrogen and oxygen atoms in total. The summed E-state index contributed by atoms with van der Waals surface area (Å²) >= 11 is -1.15. The van der Waals surface area contributed by atoms with E-state index in [0.717, 1.165) is 43.1 Å². The standard InChI is InChI=1S/C29H32N6O2S/c1-28(2,3)38(36)34-26-23-9-5-4-7-20(23)17-29(26)12-15-35(16-13-29)27-31-19-25(32-33-27)37-24-10-6-8-21-18-30-14-11-22(21)24/h4-11,14,18-19,26,34H,12-13,15-17H2,1-3H3/t26-,38-/m1/s1. The van der Waals surface area contributed by atoms with Gasteiger partial charge in [-0.2, -0.15) is 0 Å². The molecular weight excluding hydrogens is 496 g/mol. The third-order valence-corrected chi connectivity index (χ3v) is 9.29. The highest BCUT2D eigenvalue weighted by Crippen LogP contribution is 2.52. The molecule has 9 heteroatoms. The summed E-state index contributed by atoms with van der Waals surface area (Å²) in [4.78, 5) is 10.9. The first-order valence-electron chi connectivity index (χ1n) is 13.0. The molecule has 1 saturated heterocycles. The van der Waals surface area contributed by atoms with Crippen molar-refractivity contribution in [3.05, 3.63) is 78.2 Å². The van der Waals surface area contributed by atoms with Crippen LogP contribution in [0.1, 0.15) is 50.8 Å². The molecule has 38 heavy (non-hydrogen) atoms. The Kier molecular flexibility index (Phi) is 6.45. The second-order valence-electron chi connectivity index (χ2n) is 11.2. The normalized spacial score (nSPS) is 19.5. The molecule has 2 atom stereocenters. The van der Waals surface area contributed by atoms with E-state index in [1.54, 1.807) is 12.4 Å². The van der Waals surface area contributed by atoms with Gasteiger partial charge in [0.2, 0.25) is 5.95 Å². The van der Waals surface area contributed by atoms with Gasteiger partial charge in [0.15, 0.2) is 0 Å². The molecule has 1 fully saturated rings. The number of pyridine rings is 1. The van der Waals surface area contributed by atoms with Crippen LogP contribution in [0.2, 0.25) is 0 Å². The van der Waals surface area contributed by atoms with Crippen LogP contribution in [0.5, 0.6) is 11.6 Å². The number of hydrogen-bond donors (Lipinski definition) is 1. The molecule has 6 rings (SSSR count). The lowest BCUT2D eigenvalue weighted by atomic mass is 9.73. The van der Waals surface area contributed by atoms with E-state index >= 15 is 0 Å². The predicted octanol–water partition coefficient (Wildman–Crippen LogP) is 5.15. The zero-order valence-corrected chi connectivity index (χ0v) is 22.7. The highest BCUT2D eigenvalue weighted by Gasteiger charge is 2.50. The molecule has 3 heterocycles. The van der Waals surface area contributed by atoms with E-state index in [4.69, 9.17) is 4.74 Å². The van der Waals surface area contributed by atoms with Gasteiger partial charge in [0.25, 0.3) is 5.88 Å². The fourth-order valence-electron chi connectivity index (χ4n) is 5.62. The highest BCUT2D eigenvalue weighted by molar-refractivity contribution is 7.90. The van der Waals surface area contributed by atoms with Crippen molar-refractivity contribution in [3.63, 3.8) is 0 Å². The van der Waals surface area contributed by atoms with E-state index in [9.17, 15) is 4.55 Å². The van der Waals surface area contributed by atoms with Crippen LogP contribution < -0.4 is 14.4 Å². The summed E-state index contributed by atoms with van der Waals surface area (Å²) in [5, 5.41) is 10.7. The highest BCUT2D eigenvalue weighted by atomic mass is 32.2. The number of fused-ring (bicyclic) bond motifs is 2. The molecule has 1 aliphatic heterocycles. The minimum Gasteiger partial charge on any atom is -0.598 e. The zero-order chi connectivity index (χ0) is 26.3. The predicted molar refractivity (Wildman–Crippen MR) is 149 cm³/mol.